The van der Waals surface area contributed by atoms with Crippen LogP contribution < -0.4 is 5.32 Å². The number of Topliss-reactive ketones (excluding diaryl/α,β-unsaturated/α-hetero) is 1. The van der Waals surface area contributed by atoms with Crippen LogP contribution in [0, 0.1) is 0 Å². The van der Waals surface area contributed by atoms with E-state index in [1.165, 1.54) is 0 Å². The lowest BCUT2D eigenvalue weighted by atomic mass is 10.0. The van der Waals surface area contributed by atoms with Crippen molar-refractivity contribution < 1.29 is 14.3 Å². The van der Waals surface area contributed by atoms with Gasteiger partial charge in [0.05, 0.1) is 6.54 Å². The van der Waals surface area contributed by atoms with E-state index < -0.39 is 11.7 Å². The Morgan fingerprint density at radius 3 is 2.79 bits per heavy atom. The van der Waals surface area contributed by atoms with Gasteiger partial charge >= 0.3 is 6.09 Å². The number of pyridine rings is 1. The van der Waals surface area contributed by atoms with Crippen LogP contribution in [-0.2, 0) is 4.74 Å². The highest BCUT2D eigenvalue weighted by Gasteiger charge is 2.26. The van der Waals surface area contributed by atoms with Crippen molar-refractivity contribution >= 4 is 11.9 Å². The second-order valence-corrected chi connectivity index (χ2v) is 7.14. The molecule has 1 aliphatic rings. The van der Waals surface area contributed by atoms with Gasteiger partial charge in [-0.1, -0.05) is 12.5 Å². The first-order chi connectivity index (χ1) is 11.3. The lowest BCUT2D eigenvalue weighted by Crippen LogP contribution is -2.49. The minimum atomic E-state index is -0.509. The Morgan fingerprint density at radius 1 is 1.33 bits per heavy atom. The van der Waals surface area contributed by atoms with Gasteiger partial charge in [0, 0.05) is 18.8 Å². The van der Waals surface area contributed by atoms with Gasteiger partial charge in [-0.2, -0.15) is 0 Å². The molecule has 24 heavy (non-hydrogen) atoms. The maximum atomic E-state index is 12.4. The molecule has 1 atom stereocenters. The van der Waals surface area contributed by atoms with Crippen LogP contribution in [0.4, 0.5) is 4.79 Å². The first kappa shape index (κ1) is 18.4. The summed E-state index contributed by atoms with van der Waals surface area (Å²) in [6, 6.07) is 5.50. The molecule has 0 aliphatic carbocycles. The molecule has 2 heterocycles. The number of nitrogens with zero attached hydrogens (tertiary/aromatic N) is 2. The number of carbonyl (C=O) groups is 2. The van der Waals surface area contributed by atoms with E-state index in [0.717, 1.165) is 25.8 Å². The van der Waals surface area contributed by atoms with Crippen molar-refractivity contribution in [1.82, 2.24) is 15.2 Å². The number of likely N-dealkylation sites (tertiary alicyclic amines) is 1. The Bertz CT molecular complexity index is 554. The highest BCUT2D eigenvalue weighted by molar-refractivity contribution is 5.95. The summed E-state index contributed by atoms with van der Waals surface area (Å²) in [4.78, 5) is 30.4. The first-order valence-corrected chi connectivity index (χ1v) is 8.50. The van der Waals surface area contributed by atoms with Gasteiger partial charge in [-0.05, 0) is 52.3 Å². The predicted octanol–water partition coefficient (Wildman–Crippen LogP) is 2.64. The van der Waals surface area contributed by atoms with Crippen LogP contribution in [0.1, 0.15) is 50.5 Å². The molecule has 1 amide bonds. The topological polar surface area (TPSA) is 71.5 Å². The normalized spacial score (nSPS) is 18.9. The first-order valence-electron chi connectivity index (χ1n) is 8.50. The third-order valence-electron chi connectivity index (χ3n) is 3.93. The van der Waals surface area contributed by atoms with Crippen molar-refractivity contribution in [2.75, 3.05) is 19.6 Å². The molecule has 6 nitrogen and oxygen atoms in total. The van der Waals surface area contributed by atoms with Gasteiger partial charge in [0.1, 0.15) is 11.3 Å². The minimum Gasteiger partial charge on any atom is -0.444 e. The molecule has 1 saturated heterocycles. The van der Waals surface area contributed by atoms with Crippen molar-refractivity contribution in [3.63, 3.8) is 0 Å². The molecule has 1 fully saturated rings. The third kappa shape index (κ3) is 5.92. The van der Waals surface area contributed by atoms with E-state index in [-0.39, 0.29) is 11.8 Å². The molecule has 0 unspecified atom stereocenters. The molecule has 0 saturated carbocycles. The number of alkyl carbamates (subject to hydrolysis) is 1. The van der Waals surface area contributed by atoms with E-state index in [1.807, 2.05) is 26.8 Å². The lowest BCUT2D eigenvalue weighted by molar-refractivity contribution is 0.0495. The summed E-state index contributed by atoms with van der Waals surface area (Å²) >= 11 is 0. The molecule has 132 valence electrons. The van der Waals surface area contributed by atoms with Crippen molar-refractivity contribution in [3.8, 4) is 0 Å². The SMILES string of the molecule is CC(C)(C)OC(=O)NC[C@@H]1CCCCN1CC(=O)c1ccccn1. The zero-order valence-electron chi connectivity index (χ0n) is 14.7. The van der Waals surface area contributed by atoms with Crippen molar-refractivity contribution in [3.05, 3.63) is 30.1 Å². The quantitative estimate of drug-likeness (QED) is 0.839. The number of rotatable bonds is 5. The molecule has 0 bridgehead atoms. The Labute approximate surface area is 143 Å². The Hall–Kier alpha value is -1.95. The molecule has 1 aromatic heterocycles. The highest BCUT2D eigenvalue weighted by atomic mass is 16.6. The number of hydrogen-bond donors (Lipinski definition) is 1. The third-order valence-corrected chi connectivity index (χ3v) is 3.93. The van der Waals surface area contributed by atoms with Crippen LogP contribution in [0.3, 0.4) is 0 Å². The summed E-state index contributed by atoms with van der Waals surface area (Å²) in [5.41, 5.74) is -0.0208. The molecule has 0 aromatic carbocycles. The van der Waals surface area contributed by atoms with E-state index in [1.54, 1.807) is 18.3 Å². The monoisotopic (exact) mass is 333 g/mol. The Kier molecular flexibility index (Phi) is 6.31. The van der Waals surface area contributed by atoms with E-state index >= 15 is 0 Å². The zero-order valence-corrected chi connectivity index (χ0v) is 14.7. The number of hydrogen-bond acceptors (Lipinski definition) is 5. The van der Waals surface area contributed by atoms with Gasteiger partial charge in [-0.25, -0.2) is 4.79 Å². The Morgan fingerprint density at radius 2 is 2.12 bits per heavy atom. The average Bonchev–Trinajstić information content (AvgIpc) is 2.53. The fourth-order valence-corrected chi connectivity index (χ4v) is 2.81. The molecule has 0 radical (unpaired) electrons. The number of piperidine rings is 1. The molecule has 1 N–H and O–H groups in total. The van der Waals surface area contributed by atoms with Gasteiger partial charge in [-0.3, -0.25) is 14.7 Å². The summed E-state index contributed by atoms with van der Waals surface area (Å²) in [6.07, 6.45) is 4.35. The van der Waals surface area contributed by atoms with E-state index in [0.29, 0.717) is 18.8 Å². The maximum absolute atomic E-state index is 12.4. The second kappa shape index (κ2) is 8.24. The standard InChI is InChI=1S/C18H27N3O3/c1-18(2,3)24-17(23)20-12-14-8-5-7-11-21(14)13-16(22)15-9-4-6-10-19-15/h4,6,9-10,14H,5,7-8,11-13H2,1-3H3,(H,20,23)/t14-/m0/s1. The van der Waals surface area contributed by atoms with Gasteiger partial charge in [-0.15, -0.1) is 0 Å². The summed E-state index contributed by atoms with van der Waals surface area (Å²) < 4.78 is 5.27. The molecule has 1 aromatic rings. The van der Waals surface area contributed by atoms with Crippen LogP contribution in [0.2, 0.25) is 0 Å². The van der Waals surface area contributed by atoms with E-state index in [2.05, 4.69) is 15.2 Å². The number of carbonyl (C=O) groups excluding carboxylic acids is 2. The molecule has 6 heteroatoms. The summed E-state index contributed by atoms with van der Waals surface area (Å²) in [7, 11) is 0. The molecular formula is C18H27N3O3. The highest BCUT2D eigenvalue weighted by Crippen LogP contribution is 2.17. The Balaban J connectivity index is 1.88. The summed E-state index contributed by atoms with van der Waals surface area (Å²) in [5, 5.41) is 2.82. The van der Waals surface area contributed by atoms with Gasteiger partial charge in [0.2, 0.25) is 0 Å². The van der Waals surface area contributed by atoms with E-state index in [4.69, 9.17) is 4.74 Å². The van der Waals surface area contributed by atoms with Gasteiger partial charge in [0.15, 0.2) is 5.78 Å². The fraction of sp³-hybridized carbons (Fsp3) is 0.611. The van der Waals surface area contributed by atoms with E-state index in [9.17, 15) is 9.59 Å². The van der Waals surface area contributed by atoms with Crippen LogP contribution in [0.15, 0.2) is 24.4 Å². The second-order valence-electron chi connectivity index (χ2n) is 7.14. The largest absolute Gasteiger partial charge is 0.444 e. The molecular weight excluding hydrogens is 306 g/mol. The van der Waals surface area contributed by atoms with Crippen LogP contribution in [-0.4, -0.2) is 53.0 Å². The number of nitrogens with one attached hydrogen (secondary N) is 1. The predicted molar refractivity (Wildman–Crippen MR) is 92.0 cm³/mol. The summed E-state index contributed by atoms with van der Waals surface area (Å²) in [5.74, 6) is 0.0137. The number of ether oxygens (including phenoxy) is 1. The van der Waals surface area contributed by atoms with Crippen LogP contribution >= 0.6 is 0 Å². The molecule has 1 aliphatic heterocycles. The smallest absolute Gasteiger partial charge is 0.407 e. The number of ketones is 1. The number of amides is 1. The fourth-order valence-electron chi connectivity index (χ4n) is 2.81. The average molecular weight is 333 g/mol. The van der Waals surface area contributed by atoms with Crippen molar-refractivity contribution in [2.45, 2.75) is 51.7 Å². The lowest BCUT2D eigenvalue weighted by Gasteiger charge is -2.35. The molecule has 0 spiro atoms. The van der Waals surface area contributed by atoms with Crippen molar-refractivity contribution in [1.29, 1.82) is 0 Å². The zero-order chi connectivity index (χ0) is 17.6. The van der Waals surface area contributed by atoms with Crippen molar-refractivity contribution in [2.24, 2.45) is 0 Å². The molecule has 2 rings (SSSR count). The number of aromatic nitrogens is 1. The van der Waals surface area contributed by atoms with Crippen LogP contribution in [0.25, 0.3) is 0 Å². The van der Waals surface area contributed by atoms with Crippen LogP contribution in [0.5, 0.6) is 0 Å². The minimum absolute atomic E-state index is 0.0137. The maximum Gasteiger partial charge on any atom is 0.407 e. The van der Waals surface area contributed by atoms with Gasteiger partial charge in [0.25, 0.3) is 0 Å². The summed E-state index contributed by atoms with van der Waals surface area (Å²) in [6.45, 7) is 7.20. The van der Waals surface area contributed by atoms with Gasteiger partial charge < -0.3 is 10.1 Å².